The molecule has 1 aliphatic heterocycles. The minimum Gasteiger partial charge on any atom is -0.376 e. The number of carbonyl (C=O) groups excluding carboxylic acids is 3. The fourth-order valence-electron chi connectivity index (χ4n) is 4.85. The highest BCUT2D eigenvalue weighted by atomic mass is 35.5. The first-order chi connectivity index (χ1) is 17.6. The zero-order valence-corrected chi connectivity index (χ0v) is 24.5. The normalized spacial score (nSPS) is 13.8. The van der Waals surface area contributed by atoms with Gasteiger partial charge in [-0.05, 0) is 53.8 Å². The molecule has 39 heavy (non-hydrogen) atoms. The van der Waals surface area contributed by atoms with Crippen LogP contribution in [-0.4, -0.2) is 71.8 Å². The number of amides is 2. The van der Waals surface area contributed by atoms with Crippen LogP contribution in [0.2, 0.25) is 0 Å². The molecule has 1 heterocycles. The first-order valence-electron chi connectivity index (χ1n) is 12.8. The van der Waals surface area contributed by atoms with Gasteiger partial charge in [0.05, 0.1) is 6.54 Å². The van der Waals surface area contributed by atoms with Gasteiger partial charge in [0.1, 0.15) is 12.4 Å². The van der Waals surface area contributed by atoms with Gasteiger partial charge in [0.15, 0.2) is 5.78 Å². The van der Waals surface area contributed by atoms with E-state index in [1.165, 1.54) is 17.1 Å². The SMILES string of the molecule is Cc1cc2c(cc1NCC(=O)N(CCNC(C)C)CC(=O)N(C)N1Cc3ccc(F)cc3C1)C(=O)CC2.Cl.Cl. The minimum absolute atomic E-state index is 0. The molecule has 1 aliphatic carbocycles. The Morgan fingerprint density at radius 1 is 1.03 bits per heavy atom. The molecule has 0 saturated carbocycles. The number of carbonyl (C=O) groups is 3. The molecular weight excluding hydrogens is 544 g/mol. The number of nitrogens with one attached hydrogen (secondary N) is 2. The average molecular weight is 583 g/mol. The van der Waals surface area contributed by atoms with Gasteiger partial charge in [0.25, 0.3) is 5.91 Å². The zero-order chi connectivity index (χ0) is 26.7. The summed E-state index contributed by atoms with van der Waals surface area (Å²) in [6.07, 6.45) is 1.29. The van der Waals surface area contributed by atoms with Crippen LogP contribution in [0.5, 0.6) is 0 Å². The van der Waals surface area contributed by atoms with E-state index in [1.807, 2.05) is 37.9 Å². The molecule has 0 aromatic heterocycles. The van der Waals surface area contributed by atoms with Crippen molar-refractivity contribution in [3.8, 4) is 0 Å². The highest BCUT2D eigenvalue weighted by Crippen LogP contribution is 2.28. The third-order valence-electron chi connectivity index (χ3n) is 7.07. The van der Waals surface area contributed by atoms with Crippen LogP contribution in [0.25, 0.3) is 0 Å². The predicted molar refractivity (Wildman–Crippen MR) is 155 cm³/mol. The number of aryl methyl sites for hydroxylation is 2. The van der Waals surface area contributed by atoms with Crippen molar-refractivity contribution in [3.63, 3.8) is 0 Å². The van der Waals surface area contributed by atoms with Crippen molar-refractivity contribution in [2.24, 2.45) is 0 Å². The van der Waals surface area contributed by atoms with Crippen LogP contribution in [0.4, 0.5) is 10.1 Å². The van der Waals surface area contributed by atoms with Gasteiger partial charge in [-0.25, -0.2) is 9.40 Å². The van der Waals surface area contributed by atoms with Crippen LogP contribution in [0.15, 0.2) is 30.3 Å². The molecule has 0 radical (unpaired) electrons. The maximum absolute atomic E-state index is 13.6. The molecule has 8 nitrogen and oxygen atoms in total. The summed E-state index contributed by atoms with van der Waals surface area (Å²) in [6.45, 7) is 7.84. The lowest BCUT2D eigenvalue weighted by molar-refractivity contribution is -0.151. The molecule has 2 aromatic rings. The first kappa shape index (κ1) is 32.5. The molecule has 0 unspecified atom stereocenters. The lowest BCUT2D eigenvalue weighted by Crippen LogP contribution is -2.49. The van der Waals surface area contributed by atoms with Gasteiger partial charge >= 0.3 is 0 Å². The number of nitrogens with zero attached hydrogens (tertiary/aromatic N) is 3. The van der Waals surface area contributed by atoms with Gasteiger partial charge < -0.3 is 15.5 Å². The highest BCUT2D eigenvalue weighted by molar-refractivity contribution is 6.01. The van der Waals surface area contributed by atoms with Crippen LogP contribution in [0, 0.1) is 12.7 Å². The second-order valence-electron chi connectivity index (χ2n) is 10.2. The maximum atomic E-state index is 13.6. The number of rotatable bonds is 10. The first-order valence-corrected chi connectivity index (χ1v) is 12.8. The second-order valence-corrected chi connectivity index (χ2v) is 10.2. The van der Waals surface area contributed by atoms with E-state index in [0.717, 1.165) is 39.9 Å². The van der Waals surface area contributed by atoms with Gasteiger partial charge in [-0.2, -0.15) is 0 Å². The third-order valence-corrected chi connectivity index (χ3v) is 7.07. The van der Waals surface area contributed by atoms with E-state index in [9.17, 15) is 18.8 Å². The predicted octanol–water partition coefficient (Wildman–Crippen LogP) is 3.73. The molecule has 0 bridgehead atoms. The van der Waals surface area contributed by atoms with Crippen LogP contribution < -0.4 is 10.6 Å². The quantitative estimate of drug-likeness (QED) is 0.444. The largest absolute Gasteiger partial charge is 0.376 e. The standard InChI is InChI=1S/C28H36FN5O3.2ClH/c1-18(2)30-9-10-33(17-28(37)32(4)34-15-21-5-7-23(29)12-22(21)16-34)27(36)14-31-25-13-24-20(11-19(25)3)6-8-26(24)35;;/h5,7,11-13,18,30-31H,6,8-10,14-17H2,1-4H3;2*1H. The Bertz CT molecular complexity index is 1210. The molecule has 11 heteroatoms. The molecule has 0 atom stereocenters. The van der Waals surface area contributed by atoms with E-state index in [1.54, 1.807) is 18.0 Å². The summed E-state index contributed by atoms with van der Waals surface area (Å²) in [4.78, 5) is 40.1. The smallest absolute Gasteiger partial charge is 0.256 e. The van der Waals surface area contributed by atoms with Gasteiger partial charge in [-0.3, -0.25) is 19.4 Å². The molecular formula is C28H38Cl2FN5O3. The summed E-state index contributed by atoms with van der Waals surface area (Å²) < 4.78 is 13.6. The number of Topliss-reactive ketones (excluding diaryl/α,β-unsaturated/α-hetero) is 1. The number of hydrogen-bond acceptors (Lipinski definition) is 6. The minimum atomic E-state index is -0.292. The Morgan fingerprint density at radius 3 is 2.46 bits per heavy atom. The van der Waals surface area contributed by atoms with Crippen LogP contribution in [0.1, 0.15) is 52.9 Å². The third kappa shape index (κ3) is 7.91. The molecule has 214 valence electrons. The van der Waals surface area contributed by atoms with Crippen molar-refractivity contribution >= 4 is 48.1 Å². The van der Waals surface area contributed by atoms with Gasteiger partial charge in [0.2, 0.25) is 5.91 Å². The molecule has 2 N–H and O–H groups in total. The molecule has 4 rings (SSSR count). The van der Waals surface area contributed by atoms with Crippen molar-refractivity contribution in [2.45, 2.75) is 52.7 Å². The fourth-order valence-corrected chi connectivity index (χ4v) is 4.85. The number of hydrazine groups is 1. The number of anilines is 1. The van der Waals surface area contributed by atoms with Crippen LogP contribution in [-0.2, 0) is 29.1 Å². The molecule has 0 spiro atoms. The number of fused-ring (bicyclic) bond motifs is 2. The van der Waals surface area contributed by atoms with Crippen molar-refractivity contribution < 1.29 is 18.8 Å². The Balaban J connectivity index is 0.00000267. The van der Waals surface area contributed by atoms with Crippen LogP contribution >= 0.6 is 24.8 Å². The molecule has 2 amide bonds. The summed E-state index contributed by atoms with van der Waals surface area (Å²) in [7, 11) is 1.68. The summed E-state index contributed by atoms with van der Waals surface area (Å²) in [5.74, 6) is -0.582. The molecule has 2 aliphatic rings. The van der Waals surface area contributed by atoms with Gasteiger partial charge in [-0.15, -0.1) is 24.8 Å². The van der Waals surface area contributed by atoms with Crippen molar-refractivity contribution in [3.05, 3.63) is 64.0 Å². The van der Waals surface area contributed by atoms with Gasteiger partial charge in [-0.1, -0.05) is 26.0 Å². The number of ketones is 1. The Hall–Kier alpha value is -2.72. The lowest BCUT2D eigenvalue weighted by atomic mass is 10.0. The van der Waals surface area contributed by atoms with Crippen molar-refractivity contribution in [2.75, 3.05) is 38.5 Å². The number of benzene rings is 2. The maximum Gasteiger partial charge on any atom is 0.256 e. The summed E-state index contributed by atoms with van der Waals surface area (Å²) >= 11 is 0. The molecule has 0 fully saturated rings. The van der Waals surface area contributed by atoms with E-state index in [4.69, 9.17) is 0 Å². The number of hydrogen-bond donors (Lipinski definition) is 2. The zero-order valence-electron chi connectivity index (χ0n) is 22.9. The lowest BCUT2D eigenvalue weighted by Gasteiger charge is -2.31. The topological polar surface area (TPSA) is 85.0 Å². The van der Waals surface area contributed by atoms with E-state index in [0.29, 0.717) is 32.6 Å². The summed E-state index contributed by atoms with van der Waals surface area (Å²) in [5.41, 5.74) is 5.37. The van der Waals surface area contributed by atoms with E-state index in [2.05, 4.69) is 10.6 Å². The van der Waals surface area contributed by atoms with Gasteiger partial charge in [0, 0.05) is 56.9 Å². The Labute approximate surface area is 242 Å². The fraction of sp³-hybridized carbons (Fsp3) is 0.464. The monoisotopic (exact) mass is 581 g/mol. The van der Waals surface area contributed by atoms with Crippen LogP contribution in [0.3, 0.4) is 0 Å². The summed E-state index contributed by atoms with van der Waals surface area (Å²) in [6, 6.07) is 8.78. The number of likely N-dealkylation sites (N-methyl/N-ethyl adjacent to an activating group) is 1. The average Bonchev–Trinajstić information content (AvgIpc) is 3.43. The Morgan fingerprint density at radius 2 is 1.74 bits per heavy atom. The van der Waals surface area contributed by atoms with Crippen molar-refractivity contribution in [1.29, 1.82) is 0 Å². The van der Waals surface area contributed by atoms with E-state index in [-0.39, 0.29) is 67.4 Å². The second kappa shape index (κ2) is 14.1. The number of halogens is 3. The molecule has 0 saturated heterocycles. The highest BCUT2D eigenvalue weighted by Gasteiger charge is 2.28. The summed E-state index contributed by atoms with van der Waals surface area (Å²) in [5, 5.41) is 9.86. The van der Waals surface area contributed by atoms with Crippen molar-refractivity contribution in [1.82, 2.24) is 20.2 Å². The van der Waals surface area contributed by atoms with E-state index >= 15 is 0 Å². The van der Waals surface area contributed by atoms with E-state index < -0.39 is 0 Å². The molecule has 2 aromatic carbocycles. The Kier molecular flexibility index (Phi) is 11.7.